The number of hydrogen-bond donors (Lipinski definition) is 2. The first-order valence-electron chi connectivity index (χ1n) is 25.7. The Morgan fingerprint density at radius 3 is 0.893 bits per heavy atom. The quantitative estimate of drug-likeness (QED) is 0.151. The van der Waals surface area contributed by atoms with Gasteiger partial charge in [-0.2, -0.15) is 0 Å². The molecule has 2 amide bonds. The summed E-state index contributed by atoms with van der Waals surface area (Å²) in [6, 6.07) is 17.0. The summed E-state index contributed by atoms with van der Waals surface area (Å²) in [6.45, 7) is 27.0. The van der Waals surface area contributed by atoms with Crippen molar-refractivity contribution in [2.45, 2.75) is 130 Å². The number of carbonyl (C=O) groups is 2. The smallest absolute Gasteiger partial charge is 0.271 e. The van der Waals surface area contributed by atoms with Gasteiger partial charge in [0.2, 0.25) is 20.0 Å². The minimum atomic E-state index is -3.93. The maximum Gasteiger partial charge on any atom is 0.271 e. The molecule has 2 aliphatic rings. The Kier molecular flexibility index (Phi) is 18.6. The molecule has 1 heterocycles. The van der Waals surface area contributed by atoms with Crippen molar-refractivity contribution >= 4 is 31.9 Å². The van der Waals surface area contributed by atoms with Crippen molar-refractivity contribution in [3.05, 3.63) is 115 Å². The van der Waals surface area contributed by atoms with Crippen molar-refractivity contribution in [1.82, 2.24) is 9.44 Å². The van der Waals surface area contributed by atoms with Crippen LogP contribution in [0.15, 0.2) is 48.5 Å². The van der Waals surface area contributed by atoms with Gasteiger partial charge in [-0.3, -0.25) is 19.0 Å². The Balaban J connectivity index is 1.79. The van der Waals surface area contributed by atoms with Gasteiger partial charge in [0.05, 0.1) is 52.2 Å². The van der Waals surface area contributed by atoms with Crippen LogP contribution in [0.2, 0.25) is 0 Å². The summed E-state index contributed by atoms with van der Waals surface area (Å²) < 4.78 is 98.3. The molecule has 1 aliphatic heterocycles. The van der Waals surface area contributed by atoms with Gasteiger partial charge in [-0.05, 0) is 88.4 Å². The topological polar surface area (TPSA) is 191 Å². The summed E-state index contributed by atoms with van der Waals surface area (Å²) in [5, 5.41) is 0. The predicted octanol–water partition coefficient (Wildman–Crippen LogP) is 8.28. The van der Waals surface area contributed by atoms with Crippen LogP contribution in [0.1, 0.15) is 150 Å². The molecule has 17 heteroatoms. The van der Waals surface area contributed by atoms with E-state index in [1.165, 1.54) is 0 Å². The highest BCUT2D eigenvalue weighted by atomic mass is 32.2. The van der Waals surface area contributed by atoms with Crippen LogP contribution in [0.3, 0.4) is 0 Å². The first kappa shape index (κ1) is 59.1. The number of amides is 2. The molecule has 1 aliphatic carbocycles. The fourth-order valence-electron chi connectivity index (χ4n) is 9.06. The van der Waals surface area contributed by atoms with Gasteiger partial charge < -0.3 is 33.2 Å². The van der Waals surface area contributed by atoms with Crippen LogP contribution < -0.4 is 28.4 Å². The number of fused-ring (bicyclic) bond motifs is 4. The SMILES string of the molecule is CC(C)(C)c1cc2c3c(c1)Cc1cc(C(C)(C)C)cc(c1OCC(=O)NS(C)(=O)=O)Cc1cc(C(C)(C)C)cc(c1OCC(=O)NS(C)(=O)=O)Cc1cc(C(C)(C)C)cc(c1OCCOCCOCCOCCO3)C2. The molecule has 0 atom stereocenters. The zero-order valence-corrected chi connectivity index (χ0v) is 48.3. The summed E-state index contributed by atoms with van der Waals surface area (Å²) >= 11 is 0. The Bertz CT molecular complexity index is 2760. The minimum absolute atomic E-state index is 0.144. The molecule has 2 N–H and O–H groups in total. The van der Waals surface area contributed by atoms with Gasteiger partial charge in [-0.25, -0.2) is 16.8 Å². The van der Waals surface area contributed by atoms with Crippen molar-refractivity contribution in [3.8, 4) is 23.0 Å². The highest BCUT2D eigenvalue weighted by Gasteiger charge is 2.30. The highest BCUT2D eigenvalue weighted by molar-refractivity contribution is 7.89. The van der Waals surface area contributed by atoms with Gasteiger partial charge in [0.1, 0.15) is 36.2 Å². The molecule has 0 aromatic heterocycles. The van der Waals surface area contributed by atoms with Gasteiger partial charge in [-0.1, -0.05) is 132 Å². The van der Waals surface area contributed by atoms with Crippen LogP contribution in [0, 0.1) is 0 Å². The second-order valence-electron chi connectivity index (χ2n) is 23.9. The first-order chi connectivity index (χ1) is 34.7. The standard InChI is InChI=1S/C58H80N2O13S2/c1-55(2,3)45-27-37-23-38-28-46(56(4,5)6)30-40-25-42-32-48(58(10,11)12)34-44(54(42)73-36-50(62)60-75(14,65)66)26-43-33-47(57(7,8)9)31-41(53(43)72-35-49(61)59-74(13,63)64)24-39(29-45)51(37)70-21-19-68-17-15-67-16-18-69-20-22-71-52(38)40/h27-34H,15-26,35-36H2,1-14H3,(H,59,61)(H,60,62). The summed E-state index contributed by atoms with van der Waals surface area (Å²) in [4.78, 5) is 26.8. The lowest BCUT2D eigenvalue weighted by molar-refractivity contribution is -0.122. The third-order valence-corrected chi connectivity index (χ3v) is 14.1. The number of hydrogen-bond acceptors (Lipinski definition) is 13. The van der Waals surface area contributed by atoms with E-state index in [2.05, 4.69) is 119 Å². The molecule has 4 aromatic carbocycles. The van der Waals surface area contributed by atoms with E-state index in [9.17, 15) is 26.4 Å². The Labute approximate surface area is 446 Å². The molecule has 0 saturated carbocycles. The lowest BCUT2D eigenvalue weighted by atomic mass is 9.79. The Hall–Kier alpha value is -5.20. The largest absolute Gasteiger partial charge is 0.491 e. The second-order valence-corrected chi connectivity index (χ2v) is 27.4. The van der Waals surface area contributed by atoms with Gasteiger partial charge in [0.15, 0.2) is 13.2 Å². The molecule has 0 saturated heterocycles. The number of ether oxygens (including phenoxy) is 7. The number of sulfonamides is 2. The monoisotopic (exact) mass is 1080 g/mol. The second kappa shape index (κ2) is 23.6. The molecule has 0 fully saturated rings. The van der Waals surface area contributed by atoms with Crippen molar-refractivity contribution in [2.24, 2.45) is 0 Å². The fraction of sp³-hybridized carbons (Fsp3) is 0.552. The van der Waals surface area contributed by atoms with E-state index < -0.39 is 55.9 Å². The van der Waals surface area contributed by atoms with Gasteiger partial charge in [0.25, 0.3) is 11.8 Å². The molecule has 15 nitrogen and oxygen atoms in total. The maximum absolute atomic E-state index is 13.4. The molecule has 4 aromatic rings. The van der Waals surface area contributed by atoms with E-state index in [4.69, 9.17) is 33.2 Å². The number of carbonyl (C=O) groups excluding carboxylic acids is 2. The summed E-state index contributed by atoms with van der Waals surface area (Å²) in [7, 11) is -7.86. The van der Waals surface area contributed by atoms with Crippen LogP contribution >= 0.6 is 0 Å². The van der Waals surface area contributed by atoms with E-state index >= 15 is 0 Å². The van der Waals surface area contributed by atoms with E-state index in [-0.39, 0.29) is 43.3 Å². The van der Waals surface area contributed by atoms with Gasteiger partial charge >= 0.3 is 0 Å². The zero-order valence-electron chi connectivity index (χ0n) is 46.6. The van der Waals surface area contributed by atoms with Crippen molar-refractivity contribution in [2.75, 3.05) is 78.6 Å². The minimum Gasteiger partial charge on any atom is -0.491 e. The van der Waals surface area contributed by atoms with Gasteiger partial charge in [0, 0.05) is 25.7 Å². The van der Waals surface area contributed by atoms with Crippen molar-refractivity contribution < 1.29 is 59.6 Å². The van der Waals surface area contributed by atoms with Crippen LogP contribution in [-0.2, 0) is 91.2 Å². The number of benzene rings is 4. The van der Waals surface area contributed by atoms with E-state index in [1.54, 1.807) is 0 Å². The molecular formula is C58H80N2O13S2. The van der Waals surface area contributed by atoms with Gasteiger partial charge in [-0.15, -0.1) is 0 Å². The van der Waals surface area contributed by atoms with Crippen molar-refractivity contribution in [3.63, 3.8) is 0 Å². The molecule has 0 unspecified atom stereocenters. The Morgan fingerprint density at radius 1 is 0.413 bits per heavy atom. The van der Waals surface area contributed by atoms with E-state index in [1.807, 2.05) is 21.6 Å². The lowest BCUT2D eigenvalue weighted by Crippen LogP contribution is -2.33. The molecule has 412 valence electrons. The van der Waals surface area contributed by atoms with Crippen LogP contribution in [0.25, 0.3) is 0 Å². The zero-order chi connectivity index (χ0) is 55.3. The van der Waals surface area contributed by atoms with E-state index in [0.29, 0.717) is 91.3 Å². The normalized spacial score (nSPS) is 15.7. The average molecular weight is 1080 g/mol. The number of nitrogens with one attached hydrogen (secondary N) is 2. The molecule has 6 rings (SSSR count). The van der Waals surface area contributed by atoms with Crippen LogP contribution in [0.5, 0.6) is 23.0 Å². The Morgan fingerprint density at radius 2 is 0.640 bits per heavy atom. The average Bonchev–Trinajstić information content (AvgIpc) is 3.25. The third kappa shape index (κ3) is 16.9. The summed E-state index contributed by atoms with van der Waals surface area (Å²) in [5.74, 6) is 0.343. The van der Waals surface area contributed by atoms with Crippen molar-refractivity contribution in [1.29, 1.82) is 0 Å². The summed E-state index contributed by atoms with van der Waals surface area (Å²) in [6.07, 6.45) is 2.87. The molecule has 10 bridgehead atoms. The van der Waals surface area contributed by atoms with Crippen LogP contribution in [0.4, 0.5) is 0 Å². The molecular weight excluding hydrogens is 997 g/mol. The lowest BCUT2D eigenvalue weighted by Gasteiger charge is -2.29. The third-order valence-electron chi connectivity index (χ3n) is 12.9. The summed E-state index contributed by atoms with van der Waals surface area (Å²) in [5.41, 5.74) is 8.84. The van der Waals surface area contributed by atoms with Crippen LogP contribution in [-0.4, -0.2) is 107 Å². The molecule has 75 heavy (non-hydrogen) atoms. The highest BCUT2D eigenvalue weighted by Crippen LogP contribution is 2.44. The van der Waals surface area contributed by atoms with E-state index in [0.717, 1.165) is 57.0 Å². The molecule has 0 spiro atoms. The molecule has 0 radical (unpaired) electrons. The first-order valence-corrected chi connectivity index (χ1v) is 29.4. The predicted molar refractivity (Wildman–Crippen MR) is 292 cm³/mol. The fourth-order valence-corrected chi connectivity index (χ4v) is 10.0. The number of rotatable bonds is 8. The maximum atomic E-state index is 13.4.